The summed E-state index contributed by atoms with van der Waals surface area (Å²) in [6.45, 7) is 0. The maximum absolute atomic E-state index is 12.9. The number of alkyl halides is 1. The molecule has 1 heterocycles. The standard InChI is InChI=1S/C19H13ClN2O3/c1-22-13-8-4-7-12-15(13)16(17(19(22)25)21-14(23)9-20)10-5-2-3-6-11(10)18(12)24/h2-8H,9H2,1H3,(H,21,23). The van der Waals surface area contributed by atoms with E-state index in [9.17, 15) is 14.4 Å². The van der Waals surface area contributed by atoms with Crippen LogP contribution in [0.5, 0.6) is 0 Å². The smallest absolute Gasteiger partial charge is 0.275 e. The number of pyridine rings is 1. The van der Waals surface area contributed by atoms with Crippen LogP contribution in [0.2, 0.25) is 0 Å². The van der Waals surface area contributed by atoms with E-state index in [0.29, 0.717) is 33.2 Å². The number of benzene rings is 2. The Bertz CT molecular complexity index is 1130. The number of carbonyl (C=O) groups excluding carboxylic acids is 2. The minimum atomic E-state index is -0.471. The van der Waals surface area contributed by atoms with Gasteiger partial charge in [-0.25, -0.2) is 0 Å². The minimum absolute atomic E-state index is 0.0954. The predicted molar refractivity (Wildman–Crippen MR) is 97.4 cm³/mol. The van der Waals surface area contributed by atoms with Gasteiger partial charge in [0.05, 0.1) is 5.52 Å². The van der Waals surface area contributed by atoms with Gasteiger partial charge in [-0.05, 0) is 11.6 Å². The van der Waals surface area contributed by atoms with Crippen LogP contribution in [0.3, 0.4) is 0 Å². The van der Waals surface area contributed by atoms with Gasteiger partial charge in [0.2, 0.25) is 5.91 Å². The van der Waals surface area contributed by atoms with Gasteiger partial charge in [0.25, 0.3) is 5.56 Å². The molecular formula is C19H13ClN2O3. The van der Waals surface area contributed by atoms with Crippen LogP contribution in [0.15, 0.2) is 47.3 Å². The second kappa shape index (κ2) is 5.57. The highest BCUT2D eigenvalue weighted by Gasteiger charge is 2.29. The van der Waals surface area contributed by atoms with E-state index in [1.807, 2.05) is 0 Å². The molecule has 1 aromatic heterocycles. The SMILES string of the molecule is Cn1c(=O)c(NC(=O)CCl)c2c3c(cccc31)C(=O)c1ccccc1-2. The Morgan fingerprint density at radius 3 is 2.44 bits per heavy atom. The first-order chi connectivity index (χ1) is 12.0. The highest BCUT2D eigenvalue weighted by Crippen LogP contribution is 2.41. The molecule has 0 bridgehead atoms. The van der Waals surface area contributed by atoms with Crippen molar-refractivity contribution in [2.45, 2.75) is 0 Å². The molecule has 5 nitrogen and oxygen atoms in total. The van der Waals surface area contributed by atoms with Crippen molar-refractivity contribution in [2.24, 2.45) is 7.05 Å². The van der Waals surface area contributed by atoms with E-state index in [1.54, 1.807) is 49.5 Å². The van der Waals surface area contributed by atoms with E-state index in [-0.39, 0.29) is 22.9 Å². The molecular weight excluding hydrogens is 340 g/mol. The van der Waals surface area contributed by atoms with E-state index >= 15 is 0 Å². The van der Waals surface area contributed by atoms with Crippen LogP contribution in [0.1, 0.15) is 15.9 Å². The highest BCUT2D eigenvalue weighted by molar-refractivity contribution is 6.30. The van der Waals surface area contributed by atoms with E-state index < -0.39 is 5.91 Å². The maximum Gasteiger partial charge on any atom is 0.275 e. The van der Waals surface area contributed by atoms with E-state index in [2.05, 4.69) is 5.32 Å². The number of ketones is 1. The van der Waals surface area contributed by atoms with Gasteiger partial charge in [0.1, 0.15) is 11.6 Å². The van der Waals surface area contributed by atoms with Gasteiger partial charge >= 0.3 is 0 Å². The number of amides is 1. The fourth-order valence-electron chi connectivity index (χ4n) is 3.38. The third-order valence-electron chi connectivity index (χ3n) is 4.49. The van der Waals surface area contributed by atoms with Crippen molar-refractivity contribution >= 4 is 39.9 Å². The van der Waals surface area contributed by atoms with Crippen LogP contribution in [-0.4, -0.2) is 22.1 Å². The van der Waals surface area contributed by atoms with Crippen molar-refractivity contribution in [3.8, 4) is 11.1 Å². The van der Waals surface area contributed by atoms with E-state index in [0.717, 1.165) is 0 Å². The number of carbonyl (C=O) groups is 2. The van der Waals surface area contributed by atoms with Crippen LogP contribution in [-0.2, 0) is 11.8 Å². The fraction of sp³-hybridized carbons (Fsp3) is 0.105. The Balaban J connectivity index is 2.23. The van der Waals surface area contributed by atoms with Crippen molar-refractivity contribution in [1.82, 2.24) is 4.57 Å². The third kappa shape index (κ3) is 2.13. The van der Waals surface area contributed by atoms with Gasteiger partial charge < -0.3 is 9.88 Å². The number of fused-ring (bicyclic) bond motifs is 2. The first-order valence-electron chi connectivity index (χ1n) is 7.70. The third-order valence-corrected chi connectivity index (χ3v) is 4.74. The summed E-state index contributed by atoms with van der Waals surface area (Å²) in [5, 5.41) is 3.28. The molecule has 3 aromatic rings. The average molecular weight is 353 g/mol. The normalized spacial score (nSPS) is 12.2. The van der Waals surface area contributed by atoms with Crippen LogP contribution < -0.4 is 10.9 Å². The Morgan fingerprint density at radius 2 is 1.72 bits per heavy atom. The van der Waals surface area contributed by atoms with Crippen LogP contribution >= 0.6 is 11.6 Å². The lowest BCUT2D eigenvalue weighted by molar-refractivity contribution is -0.113. The van der Waals surface area contributed by atoms with Gasteiger partial charge in [-0.15, -0.1) is 11.6 Å². The van der Waals surface area contributed by atoms with Crippen molar-refractivity contribution in [3.63, 3.8) is 0 Å². The van der Waals surface area contributed by atoms with Gasteiger partial charge in [0, 0.05) is 29.1 Å². The summed E-state index contributed by atoms with van der Waals surface area (Å²) in [5.74, 6) is -0.828. The van der Waals surface area contributed by atoms with Gasteiger partial charge in [-0.1, -0.05) is 36.4 Å². The molecule has 4 rings (SSSR count). The van der Waals surface area contributed by atoms with Crippen LogP contribution in [0, 0.1) is 0 Å². The van der Waals surface area contributed by atoms with Crippen LogP contribution in [0.4, 0.5) is 5.69 Å². The predicted octanol–water partition coefficient (Wildman–Crippen LogP) is 2.93. The number of aryl methyl sites for hydroxylation is 1. The number of rotatable bonds is 2. The van der Waals surface area contributed by atoms with Gasteiger partial charge in [-0.2, -0.15) is 0 Å². The summed E-state index contributed by atoms with van der Waals surface area (Å²) in [6, 6.07) is 12.4. The fourth-order valence-corrected chi connectivity index (χ4v) is 3.45. The molecule has 0 aliphatic heterocycles. The molecule has 1 N–H and O–H groups in total. The monoisotopic (exact) mass is 352 g/mol. The lowest BCUT2D eigenvalue weighted by Gasteiger charge is -2.23. The number of aromatic nitrogens is 1. The second-order valence-electron chi connectivity index (χ2n) is 5.87. The summed E-state index contributed by atoms with van der Waals surface area (Å²) >= 11 is 5.60. The summed E-state index contributed by atoms with van der Waals surface area (Å²) < 4.78 is 1.44. The maximum atomic E-state index is 12.9. The summed E-state index contributed by atoms with van der Waals surface area (Å²) in [7, 11) is 1.62. The van der Waals surface area contributed by atoms with E-state index in [1.165, 1.54) is 4.57 Å². The molecule has 0 radical (unpaired) electrons. The Labute approximate surface area is 147 Å². The quantitative estimate of drug-likeness (QED) is 0.564. The summed E-state index contributed by atoms with van der Waals surface area (Å²) in [6.07, 6.45) is 0. The highest BCUT2D eigenvalue weighted by atomic mass is 35.5. The van der Waals surface area contributed by atoms with Crippen molar-refractivity contribution in [2.75, 3.05) is 11.2 Å². The zero-order valence-corrected chi connectivity index (χ0v) is 14.1. The number of nitrogens with one attached hydrogen (secondary N) is 1. The number of anilines is 1. The first-order valence-corrected chi connectivity index (χ1v) is 8.23. The first kappa shape index (κ1) is 15.6. The second-order valence-corrected chi connectivity index (χ2v) is 6.14. The molecule has 1 aliphatic carbocycles. The molecule has 25 heavy (non-hydrogen) atoms. The zero-order chi connectivity index (χ0) is 17.7. The topological polar surface area (TPSA) is 68.2 Å². The summed E-state index contributed by atoms with van der Waals surface area (Å²) in [4.78, 5) is 37.6. The minimum Gasteiger partial charge on any atom is -0.320 e. The largest absolute Gasteiger partial charge is 0.320 e. The Hall–Kier alpha value is -2.92. The Morgan fingerprint density at radius 1 is 1.04 bits per heavy atom. The molecule has 0 spiro atoms. The summed E-state index contributed by atoms with van der Waals surface area (Å²) in [5.41, 5.74) is 2.68. The zero-order valence-electron chi connectivity index (χ0n) is 13.3. The molecule has 0 unspecified atom stereocenters. The van der Waals surface area contributed by atoms with Gasteiger partial charge in [0.15, 0.2) is 5.78 Å². The molecule has 0 fully saturated rings. The molecule has 0 saturated carbocycles. The number of hydrogen-bond acceptors (Lipinski definition) is 3. The van der Waals surface area contributed by atoms with Gasteiger partial charge in [-0.3, -0.25) is 14.4 Å². The molecule has 0 atom stereocenters. The molecule has 1 aliphatic rings. The Kier molecular flexibility index (Phi) is 3.47. The average Bonchev–Trinajstić information content (AvgIpc) is 2.64. The van der Waals surface area contributed by atoms with Crippen molar-refractivity contribution in [1.29, 1.82) is 0 Å². The molecule has 6 heteroatoms. The molecule has 124 valence electrons. The van der Waals surface area contributed by atoms with Crippen molar-refractivity contribution < 1.29 is 9.59 Å². The lowest BCUT2D eigenvalue weighted by Crippen LogP contribution is -2.28. The molecule has 1 amide bonds. The van der Waals surface area contributed by atoms with Crippen molar-refractivity contribution in [3.05, 3.63) is 63.9 Å². The van der Waals surface area contributed by atoms with Crippen LogP contribution in [0.25, 0.3) is 22.0 Å². The molecule has 0 saturated heterocycles. The number of nitrogens with zero attached hydrogens (tertiary/aromatic N) is 1. The molecule has 2 aromatic carbocycles. The number of halogens is 1. The van der Waals surface area contributed by atoms with E-state index in [4.69, 9.17) is 11.6 Å². The number of hydrogen-bond donors (Lipinski definition) is 1. The lowest BCUT2D eigenvalue weighted by atomic mass is 9.83.